The van der Waals surface area contributed by atoms with Gasteiger partial charge in [0.2, 0.25) is 0 Å². The van der Waals surface area contributed by atoms with Gasteiger partial charge in [0.05, 0.1) is 9.88 Å². The van der Waals surface area contributed by atoms with E-state index in [1.165, 1.54) is 11.3 Å². The summed E-state index contributed by atoms with van der Waals surface area (Å²) in [5.74, 6) is -0.151. The summed E-state index contributed by atoms with van der Waals surface area (Å²) in [7, 11) is 0. The van der Waals surface area contributed by atoms with Crippen LogP contribution in [0.3, 0.4) is 0 Å². The van der Waals surface area contributed by atoms with E-state index in [2.05, 4.69) is 16.9 Å². The van der Waals surface area contributed by atoms with Gasteiger partial charge in [-0.05, 0) is 25.1 Å². The fourth-order valence-corrected chi connectivity index (χ4v) is 2.52. The molecule has 0 saturated heterocycles. The number of allylic oxidation sites excluding steroid dienone is 1. The topological polar surface area (TPSA) is 42.0 Å². The summed E-state index contributed by atoms with van der Waals surface area (Å²) >= 11 is 1.43. The molecule has 0 bridgehead atoms. The molecule has 0 aliphatic rings. The number of amides is 1. The Labute approximate surface area is 129 Å². The van der Waals surface area contributed by atoms with Crippen LogP contribution in [0.25, 0.3) is 12.2 Å². The highest BCUT2D eigenvalue weighted by molar-refractivity contribution is 7.13. The molecule has 4 heteroatoms. The van der Waals surface area contributed by atoms with Crippen molar-refractivity contribution in [3.8, 4) is 0 Å². The predicted octanol–water partition coefficient (Wildman–Crippen LogP) is 3.19. The van der Waals surface area contributed by atoms with Crippen molar-refractivity contribution in [2.24, 2.45) is 0 Å². The van der Waals surface area contributed by atoms with Crippen LogP contribution in [0.4, 0.5) is 5.13 Å². The van der Waals surface area contributed by atoms with Crippen LogP contribution in [0.5, 0.6) is 0 Å². The molecule has 110 valence electrons. The standard InChI is InChI=1S/C15H14N2OS.C2H6/c1-3-8-13-12(4-2)16-15(19-13)17-14(18)11-9-6-5-7-10-11;1-2/h3-10H,1H2,2H3,(H,16,17,18);1-2H3/b12-4+,13-8+;. The van der Waals surface area contributed by atoms with E-state index in [0.717, 1.165) is 9.88 Å². The quantitative estimate of drug-likeness (QED) is 0.946. The second-order valence-corrected chi connectivity index (χ2v) is 4.81. The Kier molecular flexibility index (Phi) is 7.12. The van der Waals surface area contributed by atoms with E-state index in [9.17, 15) is 4.79 Å². The summed E-state index contributed by atoms with van der Waals surface area (Å²) in [4.78, 5) is 16.4. The number of thiazole rings is 1. The summed E-state index contributed by atoms with van der Waals surface area (Å²) in [5.41, 5.74) is 0.619. The number of aromatic nitrogens is 1. The van der Waals surface area contributed by atoms with Crippen molar-refractivity contribution in [2.45, 2.75) is 20.8 Å². The smallest absolute Gasteiger partial charge is 0.257 e. The zero-order chi connectivity index (χ0) is 15.7. The van der Waals surface area contributed by atoms with Gasteiger partial charge in [0, 0.05) is 5.56 Å². The van der Waals surface area contributed by atoms with Crippen LogP contribution in [-0.2, 0) is 0 Å². The maximum atomic E-state index is 12.0. The monoisotopic (exact) mass is 300 g/mol. The number of rotatable bonds is 3. The van der Waals surface area contributed by atoms with Gasteiger partial charge in [-0.15, -0.1) is 0 Å². The van der Waals surface area contributed by atoms with Crippen molar-refractivity contribution in [1.29, 1.82) is 0 Å². The fraction of sp³-hybridized carbons (Fsp3) is 0.176. The molecule has 1 aromatic carbocycles. The van der Waals surface area contributed by atoms with Crippen LogP contribution in [0.1, 0.15) is 31.1 Å². The van der Waals surface area contributed by atoms with Crippen molar-refractivity contribution in [1.82, 2.24) is 4.98 Å². The van der Waals surface area contributed by atoms with Crippen LogP contribution in [0.15, 0.2) is 43.0 Å². The van der Waals surface area contributed by atoms with E-state index < -0.39 is 0 Å². The molecule has 3 nitrogen and oxygen atoms in total. The molecule has 2 rings (SSSR count). The van der Waals surface area contributed by atoms with E-state index in [0.29, 0.717) is 10.7 Å². The Morgan fingerprint density at radius 1 is 1.29 bits per heavy atom. The number of carbonyl (C=O) groups is 1. The molecule has 1 heterocycles. The number of anilines is 1. The minimum Gasteiger partial charge on any atom is -0.298 e. The average molecular weight is 300 g/mol. The van der Waals surface area contributed by atoms with Gasteiger partial charge in [-0.3, -0.25) is 10.1 Å². The lowest BCUT2D eigenvalue weighted by atomic mass is 10.2. The maximum absolute atomic E-state index is 12.0. The van der Waals surface area contributed by atoms with Crippen LogP contribution < -0.4 is 15.2 Å². The third kappa shape index (κ3) is 4.68. The average Bonchev–Trinajstić information content (AvgIpc) is 2.92. The molecule has 0 spiro atoms. The van der Waals surface area contributed by atoms with E-state index in [1.807, 2.05) is 51.1 Å². The van der Waals surface area contributed by atoms with Crippen LogP contribution in [-0.4, -0.2) is 10.9 Å². The SMILES string of the molecule is C=C/C=c1/sc(NC(=O)c2ccccc2)n/c1=C/C.CC. The Morgan fingerprint density at radius 2 is 1.95 bits per heavy atom. The lowest BCUT2D eigenvalue weighted by Gasteiger charge is -2.00. The minimum atomic E-state index is -0.151. The molecule has 0 fully saturated rings. The summed E-state index contributed by atoms with van der Waals surface area (Å²) in [6.45, 7) is 9.59. The number of nitrogens with zero attached hydrogens (tertiary/aromatic N) is 1. The second kappa shape index (κ2) is 8.87. The maximum Gasteiger partial charge on any atom is 0.257 e. The van der Waals surface area contributed by atoms with E-state index in [-0.39, 0.29) is 5.91 Å². The van der Waals surface area contributed by atoms with E-state index in [4.69, 9.17) is 0 Å². The predicted molar refractivity (Wildman–Crippen MR) is 91.9 cm³/mol. The van der Waals surface area contributed by atoms with E-state index >= 15 is 0 Å². The van der Waals surface area contributed by atoms with Crippen molar-refractivity contribution in [3.63, 3.8) is 0 Å². The van der Waals surface area contributed by atoms with Crippen molar-refractivity contribution in [3.05, 3.63) is 58.4 Å². The largest absolute Gasteiger partial charge is 0.298 e. The molecule has 1 aromatic heterocycles. The number of benzene rings is 1. The molecule has 0 aliphatic carbocycles. The molecule has 1 amide bonds. The van der Waals surface area contributed by atoms with Crippen LogP contribution >= 0.6 is 11.3 Å². The first kappa shape index (κ1) is 16.9. The van der Waals surface area contributed by atoms with Gasteiger partial charge in [-0.1, -0.05) is 62.1 Å². The Hall–Kier alpha value is -2.20. The van der Waals surface area contributed by atoms with Gasteiger partial charge in [-0.2, -0.15) is 0 Å². The molecular formula is C17H20N2OS. The third-order valence-corrected chi connectivity index (χ3v) is 3.43. The molecule has 0 radical (unpaired) electrons. The first-order valence-electron chi connectivity index (χ1n) is 6.87. The summed E-state index contributed by atoms with van der Waals surface area (Å²) < 4.78 is 0.987. The fourth-order valence-electron chi connectivity index (χ4n) is 1.59. The summed E-state index contributed by atoms with van der Waals surface area (Å²) in [5, 5.41) is 4.25. The third-order valence-electron chi connectivity index (χ3n) is 2.48. The van der Waals surface area contributed by atoms with Gasteiger partial charge in [0.25, 0.3) is 5.91 Å². The zero-order valence-corrected chi connectivity index (χ0v) is 13.4. The van der Waals surface area contributed by atoms with Crippen molar-refractivity contribution in [2.75, 3.05) is 5.32 Å². The van der Waals surface area contributed by atoms with Gasteiger partial charge in [0.1, 0.15) is 0 Å². The molecule has 0 unspecified atom stereocenters. The van der Waals surface area contributed by atoms with Crippen molar-refractivity contribution < 1.29 is 4.79 Å². The first-order valence-corrected chi connectivity index (χ1v) is 7.68. The molecule has 0 atom stereocenters. The van der Waals surface area contributed by atoms with Crippen LogP contribution in [0, 0.1) is 0 Å². The zero-order valence-electron chi connectivity index (χ0n) is 12.6. The van der Waals surface area contributed by atoms with E-state index in [1.54, 1.807) is 18.2 Å². The molecule has 0 aliphatic heterocycles. The summed E-state index contributed by atoms with van der Waals surface area (Å²) in [6, 6.07) is 9.08. The van der Waals surface area contributed by atoms with Gasteiger partial charge in [-0.25, -0.2) is 4.98 Å². The molecule has 21 heavy (non-hydrogen) atoms. The lowest BCUT2D eigenvalue weighted by molar-refractivity contribution is 0.102. The molecule has 1 N–H and O–H groups in total. The highest BCUT2D eigenvalue weighted by Crippen LogP contribution is 2.07. The molecule has 2 aromatic rings. The molecular weight excluding hydrogens is 280 g/mol. The van der Waals surface area contributed by atoms with Crippen molar-refractivity contribution >= 4 is 34.5 Å². The molecule has 0 saturated carbocycles. The Morgan fingerprint density at radius 3 is 2.52 bits per heavy atom. The number of nitrogens with one attached hydrogen (secondary N) is 1. The van der Waals surface area contributed by atoms with Gasteiger partial charge >= 0.3 is 0 Å². The highest BCUT2D eigenvalue weighted by Gasteiger charge is 2.07. The van der Waals surface area contributed by atoms with Crippen LogP contribution in [0.2, 0.25) is 0 Å². The number of carbonyl (C=O) groups excluding carboxylic acids is 1. The second-order valence-electron chi connectivity index (χ2n) is 3.78. The lowest BCUT2D eigenvalue weighted by Crippen LogP contribution is -2.20. The Balaban J connectivity index is 0.00000106. The number of hydrogen-bond donors (Lipinski definition) is 1. The minimum absolute atomic E-state index is 0.151. The number of hydrogen-bond acceptors (Lipinski definition) is 3. The highest BCUT2D eigenvalue weighted by atomic mass is 32.1. The first-order chi connectivity index (χ1) is 10.2. The Bertz CT molecular complexity index is 702. The van der Waals surface area contributed by atoms with Gasteiger partial charge in [0.15, 0.2) is 5.13 Å². The summed E-state index contributed by atoms with van der Waals surface area (Å²) in [6.07, 6.45) is 5.50. The van der Waals surface area contributed by atoms with Gasteiger partial charge < -0.3 is 0 Å². The normalized spacial score (nSPS) is 11.6.